The van der Waals surface area contributed by atoms with E-state index in [-0.39, 0.29) is 0 Å². The van der Waals surface area contributed by atoms with Crippen molar-refractivity contribution in [3.8, 4) is 0 Å². The monoisotopic (exact) mass is 138 g/mol. The standard InChI is InChI=1S/C6H10N2Si/c1-3-9(2)8-5-4-7-6-8/h3-6,9H,1H2,2H3. The molecule has 0 N–H and O–H groups in total. The van der Waals surface area contributed by atoms with Crippen molar-refractivity contribution in [1.82, 2.24) is 9.22 Å². The molecule has 0 aliphatic rings. The maximum absolute atomic E-state index is 3.94. The molecular formula is C6H10N2Si. The molecule has 0 fully saturated rings. The summed E-state index contributed by atoms with van der Waals surface area (Å²) in [5.74, 6) is 0. The van der Waals surface area contributed by atoms with Crippen molar-refractivity contribution in [3.05, 3.63) is 31.0 Å². The van der Waals surface area contributed by atoms with E-state index in [9.17, 15) is 0 Å². The molecule has 0 bridgehead atoms. The second kappa shape index (κ2) is 2.64. The zero-order chi connectivity index (χ0) is 6.69. The third-order valence-corrected chi connectivity index (χ3v) is 3.26. The summed E-state index contributed by atoms with van der Waals surface area (Å²) < 4.78 is 2.13. The molecular weight excluding hydrogens is 128 g/mol. The minimum absolute atomic E-state index is 0.873. The Labute approximate surface area is 56.5 Å². The van der Waals surface area contributed by atoms with Gasteiger partial charge in [-0.15, -0.1) is 6.58 Å². The van der Waals surface area contributed by atoms with E-state index in [1.807, 2.05) is 18.2 Å². The van der Waals surface area contributed by atoms with Gasteiger partial charge < -0.3 is 4.23 Å². The quantitative estimate of drug-likeness (QED) is 0.553. The largest absolute Gasteiger partial charge is 0.364 e. The summed E-state index contributed by atoms with van der Waals surface area (Å²) >= 11 is 0. The maximum Gasteiger partial charge on any atom is 0.167 e. The van der Waals surface area contributed by atoms with Crippen molar-refractivity contribution < 1.29 is 0 Å². The number of imidazole rings is 1. The van der Waals surface area contributed by atoms with Gasteiger partial charge in [0.1, 0.15) is 0 Å². The van der Waals surface area contributed by atoms with Crippen LogP contribution in [0.5, 0.6) is 0 Å². The smallest absolute Gasteiger partial charge is 0.167 e. The predicted molar refractivity (Wildman–Crippen MR) is 40.8 cm³/mol. The number of rotatable bonds is 2. The van der Waals surface area contributed by atoms with Crippen LogP contribution in [-0.2, 0) is 0 Å². The van der Waals surface area contributed by atoms with Gasteiger partial charge >= 0.3 is 0 Å². The van der Waals surface area contributed by atoms with Gasteiger partial charge in [0.15, 0.2) is 8.96 Å². The summed E-state index contributed by atoms with van der Waals surface area (Å²) in [6.45, 7) is 5.93. The lowest BCUT2D eigenvalue weighted by molar-refractivity contribution is 1.17. The fourth-order valence-corrected chi connectivity index (χ4v) is 1.51. The van der Waals surface area contributed by atoms with Crippen LogP contribution in [0.15, 0.2) is 31.0 Å². The molecule has 0 radical (unpaired) electrons. The van der Waals surface area contributed by atoms with Gasteiger partial charge in [0, 0.05) is 12.4 Å². The summed E-state index contributed by atoms with van der Waals surface area (Å²) in [4.78, 5) is 3.94. The summed E-state index contributed by atoms with van der Waals surface area (Å²) in [7, 11) is -0.873. The minimum atomic E-state index is -0.873. The van der Waals surface area contributed by atoms with Crippen LogP contribution in [0.2, 0.25) is 6.55 Å². The average molecular weight is 138 g/mol. The van der Waals surface area contributed by atoms with E-state index in [1.54, 1.807) is 6.20 Å². The lowest BCUT2D eigenvalue weighted by atomic mass is 11.0. The van der Waals surface area contributed by atoms with Gasteiger partial charge in [0.05, 0.1) is 6.33 Å². The van der Waals surface area contributed by atoms with Gasteiger partial charge in [-0.25, -0.2) is 4.98 Å². The Bertz CT molecular complexity index is 181. The van der Waals surface area contributed by atoms with Crippen LogP contribution < -0.4 is 0 Å². The molecule has 1 heterocycles. The lowest BCUT2D eigenvalue weighted by Crippen LogP contribution is -2.14. The fraction of sp³-hybridized carbons (Fsp3) is 0.167. The zero-order valence-electron chi connectivity index (χ0n) is 5.49. The van der Waals surface area contributed by atoms with Crippen molar-refractivity contribution in [2.45, 2.75) is 6.55 Å². The molecule has 0 aromatic carbocycles. The van der Waals surface area contributed by atoms with Gasteiger partial charge in [-0.05, 0) is 0 Å². The third-order valence-electron chi connectivity index (χ3n) is 1.34. The molecule has 1 atom stereocenters. The molecule has 0 spiro atoms. The Balaban J connectivity index is 2.76. The molecule has 0 aliphatic heterocycles. The van der Waals surface area contributed by atoms with Gasteiger partial charge in [-0.3, -0.25) is 0 Å². The van der Waals surface area contributed by atoms with Crippen LogP contribution in [0.3, 0.4) is 0 Å². The first-order valence-electron chi connectivity index (χ1n) is 2.94. The molecule has 2 nitrogen and oxygen atoms in total. The normalized spacial score (nSPS) is 13.0. The molecule has 1 unspecified atom stereocenters. The molecule has 48 valence electrons. The van der Waals surface area contributed by atoms with E-state index in [4.69, 9.17) is 0 Å². The molecule has 9 heavy (non-hydrogen) atoms. The van der Waals surface area contributed by atoms with Crippen LogP contribution in [0.25, 0.3) is 0 Å². The van der Waals surface area contributed by atoms with Crippen molar-refractivity contribution in [2.75, 3.05) is 0 Å². The fourth-order valence-electron chi connectivity index (χ4n) is 0.632. The molecule has 3 heteroatoms. The average Bonchev–Trinajstić information content (AvgIpc) is 2.37. The van der Waals surface area contributed by atoms with Crippen LogP contribution in [0.1, 0.15) is 0 Å². The first-order valence-corrected chi connectivity index (χ1v) is 5.28. The van der Waals surface area contributed by atoms with Crippen LogP contribution in [0, 0.1) is 0 Å². The lowest BCUT2D eigenvalue weighted by Gasteiger charge is -2.02. The molecule has 1 aromatic heterocycles. The molecule has 0 saturated heterocycles. The Kier molecular flexibility index (Phi) is 1.84. The number of nitrogens with zero attached hydrogens (tertiary/aromatic N) is 2. The van der Waals surface area contributed by atoms with E-state index in [2.05, 4.69) is 22.3 Å². The van der Waals surface area contributed by atoms with E-state index >= 15 is 0 Å². The summed E-state index contributed by atoms with van der Waals surface area (Å²) in [6, 6.07) is 0. The van der Waals surface area contributed by atoms with Crippen molar-refractivity contribution in [3.63, 3.8) is 0 Å². The van der Waals surface area contributed by atoms with Crippen LogP contribution >= 0.6 is 0 Å². The second-order valence-electron chi connectivity index (χ2n) is 1.99. The highest BCUT2D eigenvalue weighted by Crippen LogP contribution is 1.89. The molecule has 0 amide bonds. The number of hydrogen-bond donors (Lipinski definition) is 0. The SMILES string of the molecule is C=C[SiH](C)n1ccnc1. The molecule has 0 saturated carbocycles. The summed E-state index contributed by atoms with van der Waals surface area (Å²) in [6.07, 6.45) is 5.63. The third kappa shape index (κ3) is 1.29. The maximum atomic E-state index is 3.94. The molecule has 0 aliphatic carbocycles. The van der Waals surface area contributed by atoms with E-state index < -0.39 is 8.96 Å². The summed E-state index contributed by atoms with van der Waals surface area (Å²) in [5, 5.41) is 0. The Morgan fingerprint density at radius 2 is 2.56 bits per heavy atom. The minimum Gasteiger partial charge on any atom is -0.364 e. The van der Waals surface area contributed by atoms with Gasteiger partial charge in [0.25, 0.3) is 0 Å². The second-order valence-corrected chi connectivity index (χ2v) is 4.54. The topological polar surface area (TPSA) is 17.8 Å². The zero-order valence-corrected chi connectivity index (χ0v) is 6.64. The van der Waals surface area contributed by atoms with Crippen LogP contribution in [-0.4, -0.2) is 18.2 Å². The number of hydrogen-bond acceptors (Lipinski definition) is 1. The molecule has 1 aromatic rings. The van der Waals surface area contributed by atoms with Crippen LogP contribution in [0.4, 0.5) is 0 Å². The first-order chi connectivity index (χ1) is 4.34. The predicted octanol–water partition coefficient (Wildman–Crippen LogP) is 0.810. The van der Waals surface area contributed by atoms with E-state index in [0.717, 1.165) is 0 Å². The van der Waals surface area contributed by atoms with Crippen molar-refractivity contribution in [2.24, 2.45) is 0 Å². The highest BCUT2D eigenvalue weighted by molar-refractivity contribution is 6.60. The number of aromatic nitrogens is 2. The Morgan fingerprint density at radius 1 is 1.78 bits per heavy atom. The van der Waals surface area contributed by atoms with Gasteiger partial charge in [-0.1, -0.05) is 12.2 Å². The van der Waals surface area contributed by atoms with E-state index in [1.165, 1.54) is 0 Å². The van der Waals surface area contributed by atoms with Crippen molar-refractivity contribution in [1.29, 1.82) is 0 Å². The first kappa shape index (κ1) is 6.29. The van der Waals surface area contributed by atoms with Crippen molar-refractivity contribution >= 4 is 8.96 Å². The molecule has 1 rings (SSSR count). The Hall–Kier alpha value is -0.833. The van der Waals surface area contributed by atoms with Gasteiger partial charge in [-0.2, -0.15) is 0 Å². The Morgan fingerprint density at radius 3 is 3.00 bits per heavy atom. The summed E-state index contributed by atoms with van der Waals surface area (Å²) in [5.41, 5.74) is 2.02. The van der Waals surface area contributed by atoms with Gasteiger partial charge in [0.2, 0.25) is 0 Å². The highest BCUT2D eigenvalue weighted by atomic mass is 28.3. The van der Waals surface area contributed by atoms with E-state index in [0.29, 0.717) is 0 Å². The highest BCUT2D eigenvalue weighted by Gasteiger charge is 1.96.